The number of thioether (sulfide) groups is 1. The molecule has 0 radical (unpaired) electrons. The molecule has 2 aromatic carbocycles. The Labute approximate surface area is 164 Å². The van der Waals surface area contributed by atoms with E-state index in [2.05, 4.69) is 15.6 Å². The van der Waals surface area contributed by atoms with Crippen LogP contribution in [0.5, 0.6) is 0 Å². The smallest absolute Gasteiger partial charge is 0.234 e. The third-order valence-electron chi connectivity index (χ3n) is 3.38. The second kappa shape index (κ2) is 9.29. The van der Waals surface area contributed by atoms with Gasteiger partial charge in [0.1, 0.15) is 5.82 Å². The summed E-state index contributed by atoms with van der Waals surface area (Å²) in [5.74, 6) is -0.517. The minimum absolute atomic E-state index is 0.142. The topological polar surface area (TPSA) is 71.1 Å². The van der Waals surface area contributed by atoms with Crippen molar-refractivity contribution in [3.05, 3.63) is 71.5 Å². The van der Waals surface area contributed by atoms with Crippen molar-refractivity contribution in [2.24, 2.45) is 0 Å². The van der Waals surface area contributed by atoms with E-state index in [0.29, 0.717) is 15.7 Å². The lowest BCUT2D eigenvalue weighted by Crippen LogP contribution is -2.14. The van der Waals surface area contributed by atoms with E-state index in [1.165, 1.54) is 47.4 Å². The lowest BCUT2D eigenvalue weighted by molar-refractivity contribution is -0.116. The van der Waals surface area contributed by atoms with E-state index in [0.717, 1.165) is 5.69 Å². The van der Waals surface area contributed by atoms with Crippen LogP contribution < -0.4 is 10.6 Å². The molecule has 0 aliphatic heterocycles. The molecule has 8 heteroatoms. The fourth-order valence-corrected chi connectivity index (χ4v) is 3.83. The van der Waals surface area contributed by atoms with Gasteiger partial charge in [-0.1, -0.05) is 30.0 Å². The number of halogens is 1. The molecule has 138 valence electrons. The first-order chi connectivity index (χ1) is 13.1. The van der Waals surface area contributed by atoms with E-state index in [1.54, 1.807) is 0 Å². The van der Waals surface area contributed by atoms with Gasteiger partial charge in [0.25, 0.3) is 0 Å². The van der Waals surface area contributed by atoms with Crippen molar-refractivity contribution in [1.29, 1.82) is 0 Å². The molecule has 0 unspecified atom stereocenters. The number of thiazole rings is 1. The van der Waals surface area contributed by atoms with E-state index in [1.807, 2.05) is 35.7 Å². The number of aromatic nitrogens is 1. The van der Waals surface area contributed by atoms with Crippen LogP contribution in [-0.4, -0.2) is 22.6 Å². The zero-order valence-electron chi connectivity index (χ0n) is 14.1. The second-order valence-corrected chi connectivity index (χ2v) is 7.62. The lowest BCUT2D eigenvalue weighted by atomic mass is 10.3. The molecule has 0 fully saturated rings. The van der Waals surface area contributed by atoms with Crippen molar-refractivity contribution in [1.82, 2.24) is 4.98 Å². The molecule has 2 N–H and O–H groups in total. The molecule has 3 rings (SSSR count). The molecule has 0 bridgehead atoms. The van der Waals surface area contributed by atoms with Gasteiger partial charge in [-0.05, 0) is 36.4 Å². The average Bonchev–Trinajstić information content (AvgIpc) is 3.10. The van der Waals surface area contributed by atoms with Gasteiger partial charge in [-0.2, -0.15) is 0 Å². The molecule has 5 nitrogen and oxygen atoms in total. The first-order valence-corrected chi connectivity index (χ1v) is 9.92. The van der Waals surface area contributed by atoms with Gasteiger partial charge in [0.15, 0.2) is 4.34 Å². The van der Waals surface area contributed by atoms with Crippen molar-refractivity contribution >= 4 is 46.3 Å². The van der Waals surface area contributed by atoms with Crippen molar-refractivity contribution in [2.75, 3.05) is 16.4 Å². The Bertz CT molecular complexity index is 914. The molecule has 0 aliphatic carbocycles. The van der Waals surface area contributed by atoms with E-state index >= 15 is 0 Å². The molecule has 0 saturated carbocycles. The van der Waals surface area contributed by atoms with Gasteiger partial charge in [0.2, 0.25) is 11.8 Å². The highest BCUT2D eigenvalue weighted by Gasteiger charge is 2.10. The lowest BCUT2D eigenvalue weighted by Gasteiger charge is -2.04. The number of amides is 2. The summed E-state index contributed by atoms with van der Waals surface area (Å²) in [4.78, 5) is 28.4. The Morgan fingerprint density at radius 1 is 0.963 bits per heavy atom. The van der Waals surface area contributed by atoms with Gasteiger partial charge in [-0.15, -0.1) is 11.3 Å². The first-order valence-electron chi connectivity index (χ1n) is 8.06. The van der Waals surface area contributed by atoms with Crippen LogP contribution in [0, 0.1) is 5.82 Å². The quantitative estimate of drug-likeness (QED) is 0.582. The van der Waals surface area contributed by atoms with E-state index in [9.17, 15) is 14.0 Å². The van der Waals surface area contributed by atoms with Crippen molar-refractivity contribution < 1.29 is 14.0 Å². The minimum Gasteiger partial charge on any atom is -0.326 e. The minimum atomic E-state index is -0.353. The first kappa shape index (κ1) is 19.1. The number of anilines is 2. The van der Waals surface area contributed by atoms with Crippen LogP contribution in [0.4, 0.5) is 15.8 Å². The summed E-state index contributed by atoms with van der Waals surface area (Å²) in [6.07, 6.45) is 0.174. The SMILES string of the molecule is O=C(CSc1nc(CC(=O)Nc2ccccc2)cs1)Nc1ccc(F)cc1. The highest BCUT2D eigenvalue weighted by atomic mass is 32.2. The van der Waals surface area contributed by atoms with Crippen LogP contribution in [0.15, 0.2) is 64.3 Å². The number of hydrogen-bond acceptors (Lipinski definition) is 5. The van der Waals surface area contributed by atoms with Gasteiger partial charge in [0.05, 0.1) is 17.9 Å². The monoisotopic (exact) mass is 401 g/mol. The number of para-hydroxylation sites is 1. The highest BCUT2D eigenvalue weighted by molar-refractivity contribution is 8.01. The molecule has 0 saturated heterocycles. The van der Waals surface area contributed by atoms with E-state index in [4.69, 9.17) is 0 Å². The summed E-state index contributed by atoms with van der Waals surface area (Å²) in [6.45, 7) is 0. The van der Waals surface area contributed by atoms with Crippen LogP contribution in [-0.2, 0) is 16.0 Å². The fourth-order valence-electron chi connectivity index (χ4n) is 2.18. The molecule has 27 heavy (non-hydrogen) atoms. The number of carbonyl (C=O) groups is 2. The van der Waals surface area contributed by atoms with Crippen molar-refractivity contribution in [3.63, 3.8) is 0 Å². The molecule has 0 aliphatic rings. The predicted molar refractivity (Wildman–Crippen MR) is 107 cm³/mol. The van der Waals surface area contributed by atoms with Crippen molar-refractivity contribution in [3.8, 4) is 0 Å². The number of hydrogen-bond donors (Lipinski definition) is 2. The summed E-state index contributed by atoms with van der Waals surface area (Å²) in [5.41, 5.74) is 1.94. The van der Waals surface area contributed by atoms with Gasteiger partial charge >= 0.3 is 0 Å². The Kier molecular flexibility index (Phi) is 6.56. The van der Waals surface area contributed by atoms with Crippen molar-refractivity contribution in [2.45, 2.75) is 10.8 Å². The molecule has 0 atom stereocenters. The number of nitrogens with one attached hydrogen (secondary N) is 2. The van der Waals surface area contributed by atoms with Crippen LogP contribution in [0.25, 0.3) is 0 Å². The van der Waals surface area contributed by atoms with E-state index < -0.39 is 0 Å². The van der Waals surface area contributed by atoms with Crippen LogP contribution in [0.1, 0.15) is 5.69 Å². The zero-order chi connectivity index (χ0) is 19.1. The largest absolute Gasteiger partial charge is 0.326 e. The number of carbonyl (C=O) groups excluding carboxylic acids is 2. The van der Waals surface area contributed by atoms with Crippen LogP contribution in [0.2, 0.25) is 0 Å². The summed E-state index contributed by atoms with van der Waals surface area (Å²) < 4.78 is 13.6. The molecule has 1 aromatic heterocycles. The number of nitrogens with zero attached hydrogens (tertiary/aromatic N) is 1. The Hall–Kier alpha value is -2.71. The van der Waals surface area contributed by atoms with Gasteiger partial charge < -0.3 is 10.6 Å². The highest BCUT2D eigenvalue weighted by Crippen LogP contribution is 2.23. The summed E-state index contributed by atoms with van der Waals surface area (Å²) >= 11 is 2.68. The Balaban J connectivity index is 1.45. The maximum Gasteiger partial charge on any atom is 0.234 e. The predicted octanol–water partition coefficient (Wildman–Crippen LogP) is 4.19. The molecular formula is C19H16FN3O2S2. The zero-order valence-corrected chi connectivity index (χ0v) is 15.8. The molecule has 2 amide bonds. The molecular weight excluding hydrogens is 385 g/mol. The van der Waals surface area contributed by atoms with Gasteiger partial charge in [0, 0.05) is 16.8 Å². The van der Waals surface area contributed by atoms with Crippen LogP contribution in [0.3, 0.4) is 0 Å². The van der Waals surface area contributed by atoms with Gasteiger partial charge in [-0.3, -0.25) is 9.59 Å². The molecule has 0 spiro atoms. The Morgan fingerprint density at radius 2 is 1.63 bits per heavy atom. The summed E-state index contributed by atoms with van der Waals surface area (Å²) in [5, 5.41) is 7.31. The number of benzene rings is 2. The Morgan fingerprint density at radius 3 is 2.37 bits per heavy atom. The summed E-state index contributed by atoms with van der Waals surface area (Å²) in [7, 11) is 0. The van der Waals surface area contributed by atoms with Crippen LogP contribution >= 0.6 is 23.1 Å². The summed E-state index contributed by atoms with van der Waals surface area (Å²) in [6, 6.07) is 14.8. The maximum absolute atomic E-state index is 12.9. The third-order valence-corrected chi connectivity index (χ3v) is 5.45. The molecule has 3 aromatic rings. The number of rotatable bonds is 7. The molecule has 1 heterocycles. The maximum atomic E-state index is 12.9. The second-order valence-electron chi connectivity index (χ2n) is 5.54. The average molecular weight is 401 g/mol. The fraction of sp³-hybridized carbons (Fsp3) is 0.105. The van der Waals surface area contributed by atoms with Gasteiger partial charge in [-0.25, -0.2) is 9.37 Å². The normalized spacial score (nSPS) is 10.4. The third kappa shape index (κ3) is 6.19. The standard InChI is InChI=1S/C19H16FN3O2S2/c20-13-6-8-15(9-7-13)22-18(25)12-27-19-23-16(11-26-19)10-17(24)21-14-4-2-1-3-5-14/h1-9,11H,10,12H2,(H,21,24)(H,22,25). The van der Waals surface area contributed by atoms with E-state index in [-0.39, 0.29) is 29.8 Å².